The topological polar surface area (TPSA) is 138 Å². The molecule has 9 heavy (non-hydrogen) atoms. The van der Waals surface area contributed by atoms with Crippen molar-refractivity contribution >= 4 is 48.1 Å². The maximum absolute atomic E-state index is 8.74. The van der Waals surface area contributed by atoms with E-state index in [2.05, 4.69) is 0 Å². The van der Waals surface area contributed by atoms with Crippen molar-refractivity contribution in [3.8, 4) is 0 Å². The molecule has 0 heterocycles. The van der Waals surface area contributed by atoms with Gasteiger partial charge in [0.05, 0.1) is 0 Å². The summed E-state index contributed by atoms with van der Waals surface area (Å²) >= 11 is 0. The van der Waals surface area contributed by atoms with Crippen molar-refractivity contribution in [2.24, 2.45) is 0 Å². The van der Waals surface area contributed by atoms with E-state index in [0.29, 0.717) is 0 Å². The molecule has 0 rings (SSSR count). The molecule has 1 radical (unpaired) electrons. The van der Waals surface area contributed by atoms with Gasteiger partial charge in [-0.3, -0.25) is 9.11 Å². The Hall–Kier alpha value is 1.57. The van der Waals surface area contributed by atoms with Crippen molar-refractivity contribution < 1.29 is 45.5 Å². The van der Waals surface area contributed by atoms with Crippen LogP contribution < -0.4 is 0 Å². The van der Waals surface area contributed by atoms with Gasteiger partial charge in [0.25, 0.3) is 0 Å². The van der Waals surface area contributed by atoms with Gasteiger partial charge in [-0.05, 0) is 0 Å². The summed E-state index contributed by atoms with van der Waals surface area (Å²) in [5.41, 5.74) is 0. The van der Waals surface area contributed by atoms with E-state index >= 15 is 0 Å². The Morgan fingerprint density at radius 1 is 1.00 bits per heavy atom. The molecule has 0 saturated carbocycles. The molecule has 0 aromatic rings. The Morgan fingerprint density at radius 3 is 1.00 bits per heavy atom. The third kappa shape index (κ3) is 223. The van der Waals surface area contributed by atoms with Crippen LogP contribution in [0.25, 0.3) is 0 Å². The molecular weight excluding hydrogens is 223 g/mol. The molecular formula is H8CaMnO6S. The van der Waals surface area contributed by atoms with Crippen molar-refractivity contribution in [1.82, 2.24) is 0 Å². The van der Waals surface area contributed by atoms with Crippen LogP contribution in [0, 0.1) is 0 Å². The number of rotatable bonds is 0. The van der Waals surface area contributed by atoms with Crippen LogP contribution in [-0.4, -0.2) is 66.2 Å². The summed E-state index contributed by atoms with van der Waals surface area (Å²) in [7, 11) is -4.67. The summed E-state index contributed by atoms with van der Waals surface area (Å²) in [5.74, 6) is 0. The normalized spacial score (nSPS) is 6.44. The molecule has 0 unspecified atom stereocenters. The fourth-order valence-corrected chi connectivity index (χ4v) is 0. The van der Waals surface area contributed by atoms with Gasteiger partial charge in [-0.2, -0.15) is 8.42 Å². The minimum atomic E-state index is -4.67. The zero-order chi connectivity index (χ0) is 4.50. The molecule has 0 aliphatic carbocycles. The fraction of sp³-hybridized carbons (Fsp3) is 0. The first kappa shape index (κ1) is 31.2. The predicted octanol–water partition coefficient (Wildman–Crippen LogP) is -3.22. The van der Waals surface area contributed by atoms with Gasteiger partial charge in [0.1, 0.15) is 0 Å². The van der Waals surface area contributed by atoms with E-state index < -0.39 is 10.4 Å². The third-order valence-corrected chi connectivity index (χ3v) is 0. The Morgan fingerprint density at radius 2 is 1.00 bits per heavy atom. The van der Waals surface area contributed by atoms with Crippen LogP contribution in [0.4, 0.5) is 0 Å². The number of hydrogen-bond donors (Lipinski definition) is 2. The molecule has 6 N–H and O–H groups in total. The Kier molecular flexibility index (Phi) is 42.5. The minimum absolute atomic E-state index is 0. The first-order chi connectivity index (χ1) is 2.00. The van der Waals surface area contributed by atoms with Crippen LogP contribution >= 0.6 is 0 Å². The van der Waals surface area contributed by atoms with Crippen molar-refractivity contribution in [2.45, 2.75) is 0 Å². The second kappa shape index (κ2) is 12.3. The van der Waals surface area contributed by atoms with Crippen LogP contribution in [0.2, 0.25) is 0 Å². The molecule has 0 aromatic carbocycles. The zero-order valence-electron chi connectivity index (χ0n) is 3.50. The van der Waals surface area contributed by atoms with E-state index in [-0.39, 0.29) is 65.8 Å². The Bertz CT molecular complexity index is 96.2. The molecule has 9 heteroatoms. The van der Waals surface area contributed by atoms with Crippen LogP contribution in [0.5, 0.6) is 0 Å². The van der Waals surface area contributed by atoms with Crippen LogP contribution in [0.1, 0.15) is 0 Å². The molecule has 6 nitrogen and oxygen atoms in total. The smallest absolute Gasteiger partial charge is 0 e. The van der Waals surface area contributed by atoms with Gasteiger partial charge in [-0.1, -0.05) is 0 Å². The van der Waals surface area contributed by atoms with Crippen molar-refractivity contribution in [1.29, 1.82) is 0 Å². The monoisotopic (exact) mass is 231 g/mol. The molecule has 0 amide bonds. The van der Waals surface area contributed by atoms with Crippen molar-refractivity contribution in [2.75, 3.05) is 0 Å². The quantitative estimate of drug-likeness (QED) is 0.334. The molecule has 0 spiro atoms. The predicted molar refractivity (Wildman–Crippen MR) is 29.9 cm³/mol. The molecule has 0 aliphatic heterocycles. The average Bonchev–Trinajstić information content (AvgIpc) is 0.722. The van der Waals surface area contributed by atoms with Gasteiger partial charge in [0.2, 0.25) is 0 Å². The van der Waals surface area contributed by atoms with Gasteiger partial charge < -0.3 is 11.0 Å². The largest absolute Gasteiger partial charge is 0 e. The molecule has 0 aliphatic rings. The van der Waals surface area contributed by atoms with Crippen molar-refractivity contribution in [3.63, 3.8) is 0 Å². The van der Waals surface area contributed by atoms with Gasteiger partial charge in [0, 0.05) is 17.1 Å². The SMILES string of the molecule is O.O.O=S(=O)(O)O.[CaH2].[Mn]. The molecule has 0 fully saturated rings. The summed E-state index contributed by atoms with van der Waals surface area (Å²) < 4.78 is 31.6. The first-order valence-electron chi connectivity index (χ1n) is 0.698. The molecule has 0 aromatic heterocycles. The maximum atomic E-state index is 8.74. The van der Waals surface area contributed by atoms with E-state index in [1.165, 1.54) is 0 Å². The van der Waals surface area contributed by atoms with E-state index in [4.69, 9.17) is 17.5 Å². The van der Waals surface area contributed by atoms with Crippen molar-refractivity contribution in [3.05, 3.63) is 0 Å². The Balaban J connectivity index is -0.0000000133. The molecule has 0 saturated heterocycles. The van der Waals surface area contributed by atoms with Crippen LogP contribution in [0.15, 0.2) is 0 Å². The summed E-state index contributed by atoms with van der Waals surface area (Å²) in [4.78, 5) is 0. The summed E-state index contributed by atoms with van der Waals surface area (Å²) in [6, 6.07) is 0. The number of hydrogen-bond acceptors (Lipinski definition) is 2. The van der Waals surface area contributed by atoms with E-state index in [9.17, 15) is 0 Å². The minimum Gasteiger partial charge on any atom is 0 e. The maximum Gasteiger partial charge on any atom is 0 e. The standard InChI is InChI=1S/Ca.Mn.H2O4S.2H2O.2H/c;;1-5(2,3)4;;;;/h;;(H2,1,2,3,4);2*1H2;;. The molecule has 0 bridgehead atoms. The molecule has 0 atom stereocenters. The van der Waals surface area contributed by atoms with Gasteiger partial charge in [0.15, 0.2) is 0 Å². The van der Waals surface area contributed by atoms with Gasteiger partial charge in [-0.25, -0.2) is 0 Å². The molecule has 59 valence electrons. The van der Waals surface area contributed by atoms with Crippen LogP contribution in [0.3, 0.4) is 0 Å². The van der Waals surface area contributed by atoms with E-state index in [0.717, 1.165) is 0 Å². The first-order valence-corrected chi connectivity index (χ1v) is 2.10. The van der Waals surface area contributed by atoms with Gasteiger partial charge >= 0.3 is 48.1 Å². The fourth-order valence-electron chi connectivity index (χ4n) is 0. The van der Waals surface area contributed by atoms with E-state index in [1.807, 2.05) is 0 Å². The second-order valence-electron chi connectivity index (χ2n) is 0.448. The zero-order valence-corrected chi connectivity index (χ0v) is 5.49. The average molecular weight is 231 g/mol. The van der Waals surface area contributed by atoms with E-state index in [1.54, 1.807) is 0 Å². The van der Waals surface area contributed by atoms with Gasteiger partial charge in [-0.15, -0.1) is 0 Å². The van der Waals surface area contributed by atoms with Crippen LogP contribution in [-0.2, 0) is 27.5 Å². The summed E-state index contributed by atoms with van der Waals surface area (Å²) in [5, 5.41) is 0. The second-order valence-corrected chi connectivity index (χ2v) is 1.34. The Labute approximate surface area is 92.7 Å². The third-order valence-electron chi connectivity index (χ3n) is 0. The summed E-state index contributed by atoms with van der Waals surface area (Å²) in [6.07, 6.45) is 0. The summed E-state index contributed by atoms with van der Waals surface area (Å²) in [6.45, 7) is 0.